The lowest BCUT2D eigenvalue weighted by atomic mass is 9.96. The van der Waals surface area contributed by atoms with Crippen LogP contribution in [0.3, 0.4) is 0 Å². The zero-order chi connectivity index (χ0) is 20.9. The molecule has 29 heavy (non-hydrogen) atoms. The van der Waals surface area contributed by atoms with E-state index in [1.165, 1.54) is 12.1 Å². The molecule has 2 N–H and O–H groups in total. The van der Waals surface area contributed by atoms with Gasteiger partial charge in [-0.25, -0.2) is 13.1 Å². The van der Waals surface area contributed by atoms with Gasteiger partial charge < -0.3 is 10.1 Å². The summed E-state index contributed by atoms with van der Waals surface area (Å²) in [6, 6.07) is 11.3. The molecule has 1 aliphatic rings. The maximum Gasteiger partial charge on any atom is 0.262 e. The fraction of sp³-hybridized carbons (Fsp3) is 0.381. The molecule has 0 aliphatic heterocycles. The second kappa shape index (κ2) is 9.61. The molecule has 1 saturated carbocycles. The monoisotopic (exact) mass is 436 g/mol. The fourth-order valence-corrected chi connectivity index (χ4v) is 4.76. The van der Waals surface area contributed by atoms with Crippen molar-refractivity contribution in [2.75, 3.05) is 11.9 Å². The van der Waals surface area contributed by atoms with Gasteiger partial charge in [-0.2, -0.15) is 0 Å². The summed E-state index contributed by atoms with van der Waals surface area (Å²) in [6.45, 7) is 1.67. The van der Waals surface area contributed by atoms with Gasteiger partial charge in [0.15, 0.2) is 6.61 Å². The number of anilines is 1. The van der Waals surface area contributed by atoms with Gasteiger partial charge in [0.2, 0.25) is 10.0 Å². The predicted molar refractivity (Wildman–Crippen MR) is 114 cm³/mol. The quantitative estimate of drug-likeness (QED) is 0.678. The number of ether oxygens (including phenoxy) is 1. The Labute approximate surface area is 176 Å². The molecule has 0 radical (unpaired) electrons. The number of amides is 1. The average Bonchev–Trinajstić information content (AvgIpc) is 2.70. The first-order chi connectivity index (χ1) is 13.8. The van der Waals surface area contributed by atoms with Crippen LogP contribution in [0.25, 0.3) is 0 Å². The first-order valence-corrected chi connectivity index (χ1v) is 11.5. The molecule has 0 heterocycles. The number of aryl methyl sites for hydroxylation is 1. The van der Waals surface area contributed by atoms with Crippen molar-refractivity contribution in [2.45, 2.75) is 50.0 Å². The van der Waals surface area contributed by atoms with E-state index in [1.54, 1.807) is 24.3 Å². The molecular formula is C21H25ClN2O4S. The summed E-state index contributed by atoms with van der Waals surface area (Å²) in [5.41, 5.74) is 1.52. The van der Waals surface area contributed by atoms with Gasteiger partial charge in [-0.15, -0.1) is 0 Å². The van der Waals surface area contributed by atoms with Crippen molar-refractivity contribution in [3.05, 3.63) is 53.1 Å². The predicted octanol–water partition coefficient (Wildman–Crippen LogP) is 4.28. The highest BCUT2D eigenvalue weighted by atomic mass is 35.5. The van der Waals surface area contributed by atoms with Crippen LogP contribution in [0.5, 0.6) is 5.75 Å². The Kier molecular flexibility index (Phi) is 7.16. The summed E-state index contributed by atoms with van der Waals surface area (Å²) in [7, 11) is -3.55. The lowest BCUT2D eigenvalue weighted by molar-refractivity contribution is -0.118. The highest BCUT2D eigenvalue weighted by molar-refractivity contribution is 7.89. The number of carbonyl (C=O) groups is 1. The standard InChI is InChI=1S/C21H25ClN2O4S/c1-15-7-8-16(22)13-20(15)23-21(25)14-28-18-9-11-19(12-10-18)29(26,27)24-17-5-3-2-4-6-17/h7-13,17,24H,2-6,14H2,1H3,(H,23,25). The van der Waals surface area contributed by atoms with E-state index in [4.69, 9.17) is 16.3 Å². The second-order valence-electron chi connectivity index (χ2n) is 7.22. The summed E-state index contributed by atoms with van der Waals surface area (Å²) in [6.07, 6.45) is 5.02. The zero-order valence-electron chi connectivity index (χ0n) is 16.3. The molecule has 8 heteroatoms. The van der Waals surface area contributed by atoms with Gasteiger partial charge in [-0.1, -0.05) is 36.9 Å². The normalized spacial score (nSPS) is 15.1. The third-order valence-electron chi connectivity index (χ3n) is 4.90. The minimum absolute atomic E-state index is 0.00307. The molecule has 6 nitrogen and oxygen atoms in total. The topological polar surface area (TPSA) is 84.5 Å². The molecule has 1 aliphatic carbocycles. The van der Waals surface area contributed by atoms with Crippen LogP contribution in [0.1, 0.15) is 37.7 Å². The molecule has 0 unspecified atom stereocenters. The fourth-order valence-electron chi connectivity index (χ4n) is 3.29. The highest BCUT2D eigenvalue weighted by Gasteiger charge is 2.21. The van der Waals surface area contributed by atoms with Crippen LogP contribution in [0.2, 0.25) is 5.02 Å². The molecule has 0 spiro atoms. The minimum atomic E-state index is -3.55. The summed E-state index contributed by atoms with van der Waals surface area (Å²) >= 11 is 5.95. The summed E-state index contributed by atoms with van der Waals surface area (Å²) in [5.74, 6) is 0.0885. The van der Waals surface area contributed by atoms with Crippen molar-refractivity contribution in [3.63, 3.8) is 0 Å². The van der Waals surface area contributed by atoms with Gasteiger partial charge in [0, 0.05) is 16.8 Å². The first-order valence-electron chi connectivity index (χ1n) is 9.65. The Hall–Kier alpha value is -2.09. The van der Waals surface area contributed by atoms with Gasteiger partial charge >= 0.3 is 0 Å². The number of hydrogen-bond acceptors (Lipinski definition) is 4. The lowest BCUT2D eigenvalue weighted by Gasteiger charge is -2.22. The number of hydrogen-bond donors (Lipinski definition) is 2. The first kappa shape index (κ1) is 21.6. The number of sulfonamides is 1. The van der Waals surface area contributed by atoms with E-state index in [1.807, 2.05) is 13.0 Å². The van der Waals surface area contributed by atoms with Crippen LogP contribution in [-0.2, 0) is 14.8 Å². The molecule has 1 amide bonds. The number of nitrogens with one attached hydrogen (secondary N) is 2. The molecule has 2 aromatic rings. The molecule has 2 aromatic carbocycles. The van der Waals surface area contributed by atoms with Crippen molar-refractivity contribution in [1.82, 2.24) is 4.72 Å². The summed E-state index contributed by atoms with van der Waals surface area (Å²) in [5, 5.41) is 3.28. The number of rotatable bonds is 7. The third-order valence-corrected chi connectivity index (χ3v) is 6.68. The maximum absolute atomic E-state index is 12.5. The van der Waals surface area contributed by atoms with E-state index >= 15 is 0 Å². The van der Waals surface area contributed by atoms with E-state index in [2.05, 4.69) is 10.0 Å². The molecule has 3 rings (SSSR count). The maximum atomic E-state index is 12.5. The lowest BCUT2D eigenvalue weighted by Crippen LogP contribution is -2.36. The van der Waals surface area contributed by atoms with Gasteiger partial charge in [0.05, 0.1) is 4.90 Å². The minimum Gasteiger partial charge on any atom is -0.484 e. The van der Waals surface area contributed by atoms with E-state index in [9.17, 15) is 13.2 Å². The SMILES string of the molecule is Cc1ccc(Cl)cc1NC(=O)COc1ccc(S(=O)(=O)NC2CCCCC2)cc1. The number of benzene rings is 2. The van der Waals surface area contributed by atoms with E-state index in [0.29, 0.717) is 16.5 Å². The van der Waals surface area contributed by atoms with Gasteiger partial charge in [0.25, 0.3) is 5.91 Å². The smallest absolute Gasteiger partial charge is 0.262 e. The summed E-state index contributed by atoms with van der Waals surface area (Å²) < 4.78 is 33.3. The second-order valence-corrected chi connectivity index (χ2v) is 9.37. The van der Waals surface area contributed by atoms with Crippen LogP contribution in [0.15, 0.2) is 47.4 Å². The summed E-state index contributed by atoms with van der Waals surface area (Å²) in [4.78, 5) is 12.3. The number of halogens is 1. The molecule has 156 valence electrons. The van der Waals surface area contributed by atoms with E-state index < -0.39 is 10.0 Å². The molecule has 0 saturated heterocycles. The Balaban J connectivity index is 1.54. The van der Waals surface area contributed by atoms with Gasteiger partial charge in [-0.05, 0) is 61.7 Å². The highest BCUT2D eigenvalue weighted by Crippen LogP contribution is 2.22. The van der Waals surface area contributed by atoms with Crippen molar-refractivity contribution >= 4 is 33.2 Å². The largest absolute Gasteiger partial charge is 0.484 e. The molecular weight excluding hydrogens is 412 g/mol. The average molecular weight is 437 g/mol. The molecule has 0 atom stereocenters. The Morgan fingerprint density at radius 2 is 1.79 bits per heavy atom. The Morgan fingerprint density at radius 1 is 1.10 bits per heavy atom. The van der Waals surface area contributed by atoms with Crippen LogP contribution >= 0.6 is 11.6 Å². The molecule has 0 bridgehead atoms. The van der Waals surface area contributed by atoms with Crippen LogP contribution < -0.4 is 14.8 Å². The van der Waals surface area contributed by atoms with Crippen LogP contribution in [0, 0.1) is 6.92 Å². The van der Waals surface area contributed by atoms with Crippen molar-refractivity contribution in [2.24, 2.45) is 0 Å². The van der Waals surface area contributed by atoms with Crippen LogP contribution in [-0.4, -0.2) is 27.0 Å². The van der Waals surface area contributed by atoms with Crippen LogP contribution in [0.4, 0.5) is 5.69 Å². The molecule has 0 aromatic heterocycles. The number of carbonyl (C=O) groups excluding carboxylic acids is 1. The zero-order valence-corrected chi connectivity index (χ0v) is 17.9. The van der Waals surface area contributed by atoms with Crippen molar-refractivity contribution < 1.29 is 17.9 Å². The van der Waals surface area contributed by atoms with Gasteiger partial charge in [-0.3, -0.25) is 4.79 Å². The third kappa shape index (κ3) is 6.19. The Bertz CT molecular complexity index is 955. The van der Waals surface area contributed by atoms with E-state index in [0.717, 1.165) is 37.7 Å². The Morgan fingerprint density at radius 3 is 2.48 bits per heavy atom. The van der Waals surface area contributed by atoms with Gasteiger partial charge in [0.1, 0.15) is 5.75 Å². The molecule has 1 fully saturated rings. The van der Waals surface area contributed by atoms with Crippen molar-refractivity contribution in [3.8, 4) is 5.75 Å². The van der Waals surface area contributed by atoms with E-state index in [-0.39, 0.29) is 23.5 Å². The van der Waals surface area contributed by atoms with Crippen molar-refractivity contribution in [1.29, 1.82) is 0 Å².